The first-order chi connectivity index (χ1) is 6.87. The minimum Gasteiger partial charge on any atom is -0.316 e. The van der Waals surface area contributed by atoms with Crippen molar-refractivity contribution in [2.45, 2.75) is 41.0 Å². The molecule has 0 unspecified atom stereocenters. The molecule has 0 rings (SSSR count). The molecule has 0 spiro atoms. The summed E-state index contributed by atoms with van der Waals surface area (Å²) in [4.78, 5) is 2.44. The Morgan fingerprint density at radius 2 is 1.87 bits per heavy atom. The van der Waals surface area contributed by atoms with Crippen LogP contribution in [0.5, 0.6) is 0 Å². The minimum atomic E-state index is 0.374. The normalized spacial score (nSPS) is 12.8. The number of hydrogen-bond acceptors (Lipinski definition) is 2. The lowest BCUT2D eigenvalue weighted by Crippen LogP contribution is -2.40. The van der Waals surface area contributed by atoms with Gasteiger partial charge in [-0.1, -0.05) is 34.6 Å². The van der Waals surface area contributed by atoms with Crippen molar-refractivity contribution >= 4 is 0 Å². The molecule has 0 aliphatic rings. The first-order valence-corrected chi connectivity index (χ1v) is 6.26. The number of hydrogen-bond donors (Lipinski definition) is 1. The van der Waals surface area contributed by atoms with E-state index in [-0.39, 0.29) is 0 Å². The van der Waals surface area contributed by atoms with E-state index in [1.807, 2.05) is 0 Å². The van der Waals surface area contributed by atoms with E-state index in [1.165, 1.54) is 19.5 Å². The predicted molar refractivity (Wildman–Crippen MR) is 69.3 cm³/mol. The summed E-state index contributed by atoms with van der Waals surface area (Å²) in [5, 5.41) is 3.51. The minimum absolute atomic E-state index is 0.374. The Hall–Kier alpha value is -0.0800. The first-order valence-electron chi connectivity index (χ1n) is 6.26. The van der Waals surface area contributed by atoms with Crippen LogP contribution >= 0.6 is 0 Å². The smallest absolute Gasteiger partial charge is 0.00419 e. The van der Waals surface area contributed by atoms with Crippen LogP contribution in [0.1, 0.15) is 41.0 Å². The van der Waals surface area contributed by atoms with Gasteiger partial charge in [-0.05, 0) is 31.3 Å². The zero-order chi connectivity index (χ0) is 11.9. The van der Waals surface area contributed by atoms with Crippen LogP contribution in [-0.4, -0.2) is 38.1 Å². The number of nitrogens with zero attached hydrogens (tertiary/aromatic N) is 1. The van der Waals surface area contributed by atoms with Crippen molar-refractivity contribution in [1.82, 2.24) is 10.2 Å². The van der Waals surface area contributed by atoms with Crippen molar-refractivity contribution in [2.75, 3.05) is 33.2 Å². The van der Waals surface area contributed by atoms with Gasteiger partial charge in [-0.3, -0.25) is 0 Å². The van der Waals surface area contributed by atoms with Crippen LogP contribution in [0.2, 0.25) is 0 Å². The molecular weight excluding hydrogens is 184 g/mol. The second-order valence-electron chi connectivity index (χ2n) is 5.93. The first kappa shape index (κ1) is 14.9. The van der Waals surface area contributed by atoms with Crippen molar-refractivity contribution in [2.24, 2.45) is 11.3 Å². The predicted octanol–water partition coefficient (Wildman–Crippen LogP) is 2.60. The molecule has 0 aliphatic heterocycles. The molecular formula is C13H30N2. The number of rotatable bonds is 8. The van der Waals surface area contributed by atoms with Crippen LogP contribution in [0, 0.1) is 11.3 Å². The molecule has 0 aromatic heterocycles. The van der Waals surface area contributed by atoms with E-state index in [4.69, 9.17) is 0 Å². The van der Waals surface area contributed by atoms with Gasteiger partial charge in [0.25, 0.3) is 0 Å². The van der Waals surface area contributed by atoms with Crippen LogP contribution in [0.4, 0.5) is 0 Å². The topological polar surface area (TPSA) is 15.3 Å². The molecule has 2 heteroatoms. The summed E-state index contributed by atoms with van der Waals surface area (Å²) in [7, 11) is 2.22. The molecule has 0 bridgehead atoms. The summed E-state index contributed by atoms with van der Waals surface area (Å²) >= 11 is 0. The van der Waals surface area contributed by atoms with E-state index in [9.17, 15) is 0 Å². The molecule has 0 amide bonds. The molecule has 0 saturated carbocycles. The van der Waals surface area contributed by atoms with Crippen molar-refractivity contribution in [3.63, 3.8) is 0 Å². The Labute approximate surface area is 96.4 Å². The molecule has 0 aliphatic carbocycles. The van der Waals surface area contributed by atoms with Gasteiger partial charge >= 0.3 is 0 Å². The SMILES string of the molecule is CCCNCC(C)(C)CN(C)CC(C)C. The molecule has 0 aromatic rings. The van der Waals surface area contributed by atoms with Gasteiger partial charge in [0.15, 0.2) is 0 Å². The van der Waals surface area contributed by atoms with Crippen LogP contribution in [-0.2, 0) is 0 Å². The van der Waals surface area contributed by atoms with Crippen molar-refractivity contribution in [3.8, 4) is 0 Å². The lowest BCUT2D eigenvalue weighted by Gasteiger charge is -2.31. The summed E-state index contributed by atoms with van der Waals surface area (Å²) in [6, 6.07) is 0. The van der Waals surface area contributed by atoms with Crippen LogP contribution in [0.3, 0.4) is 0 Å². The molecule has 0 atom stereocenters. The Morgan fingerprint density at radius 1 is 1.27 bits per heavy atom. The average Bonchev–Trinajstić information content (AvgIpc) is 2.00. The third-order valence-corrected chi connectivity index (χ3v) is 2.41. The maximum Gasteiger partial charge on any atom is 0.00419 e. The van der Waals surface area contributed by atoms with Crippen molar-refractivity contribution in [1.29, 1.82) is 0 Å². The quantitative estimate of drug-likeness (QED) is 0.625. The van der Waals surface area contributed by atoms with Gasteiger partial charge in [-0.15, -0.1) is 0 Å². The Morgan fingerprint density at radius 3 is 2.33 bits per heavy atom. The molecule has 0 radical (unpaired) electrons. The zero-order valence-electron chi connectivity index (χ0n) is 11.6. The van der Waals surface area contributed by atoms with Crippen LogP contribution < -0.4 is 5.32 Å². The summed E-state index contributed by atoms with van der Waals surface area (Å²) in [5.41, 5.74) is 0.374. The Bertz CT molecular complexity index is 153. The van der Waals surface area contributed by atoms with Crippen molar-refractivity contribution < 1.29 is 0 Å². The largest absolute Gasteiger partial charge is 0.316 e. The fourth-order valence-corrected chi connectivity index (χ4v) is 2.08. The third kappa shape index (κ3) is 8.88. The molecule has 0 saturated heterocycles. The van der Waals surface area contributed by atoms with Crippen molar-refractivity contribution in [3.05, 3.63) is 0 Å². The molecule has 2 nitrogen and oxygen atoms in total. The highest BCUT2D eigenvalue weighted by atomic mass is 15.1. The van der Waals surface area contributed by atoms with E-state index in [0.717, 1.165) is 19.0 Å². The standard InChI is InChI=1S/C13H30N2/c1-7-8-14-10-13(4,5)11-15(6)9-12(2)3/h12,14H,7-11H2,1-6H3. The van der Waals surface area contributed by atoms with E-state index in [1.54, 1.807) is 0 Å². The van der Waals surface area contributed by atoms with Gasteiger partial charge in [-0.2, -0.15) is 0 Å². The third-order valence-electron chi connectivity index (χ3n) is 2.41. The fraction of sp³-hybridized carbons (Fsp3) is 1.00. The van der Waals surface area contributed by atoms with Gasteiger partial charge in [0, 0.05) is 19.6 Å². The maximum atomic E-state index is 3.51. The van der Waals surface area contributed by atoms with E-state index >= 15 is 0 Å². The molecule has 92 valence electrons. The van der Waals surface area contributed by atoms with Crippen LogP contribution in [0.15, 0.2) is 0 Å². The second kappa shape index (κ2) is 7.24. The molecule has 1 N–H and O–H groups in total. The Kier molecular flexibility index (Phi) is 7.20. The average molecular weight is 214 g/mol. The van der Waals surface area contributed by atoms with Gasteiger partial charge < -0.3 is 10.2 Å². The van der Waals surface area contributed by atoms with Gasteiger partial charge in [-0.25, -0.2) is 0 Å². The maximum absolute atomic E-state index is 3.51. The fourth-order valence-electron chi connectivity index (χ4n) is 2.08. The van der Waals surface area contributed by atoms with Gasteiger partial charge in [0.05, 0.1) is 0 Å². The Balaban J connectivity index is 3.79. The molecule has 15 heavy (non-hydrogen) atoms. The van der Waals surface area contributed by atoms with Gasteiger partial charge in [0.2, 0.25) is 0 Å². The zero-order valence-corrected chi connectivity index (χ0v) is 11.6. The summed E-state index contributed by atoms with van der Waals surface area (Å²) < 4.78 is 0. The highest BCUT2D eigenvalue weighted by Crippen LogP contribution is 2.15. The van der Waals surface area contributed by atoms with E-state index in [0.29, 0.717) is 5.41 Å². The lowest BCUT2D eigenvalue weighted by atomic mass is 9.92. The summed E-state index contributed by atoms with van der Waals surface area (Å²) in [5.74, 6) is 0.759. The molecule has 0 heterocycles. The monoisotopic (exact) mass is 214 g/mol. The van der Waals surface area contributed by atoms with E-state index < -0.39 is 0 Å². The summed E-state index contributed by atoms with van der Waals surface area (Å²) in [6.07, 6.45) is 1.22. The second-order valence-corrected chi connectivity index (χ2v) is 5.93. The van der Waals surface area contributed by atoms with Crippen LogP contribution in [0.25, 0.3) is 0 Å². The number of nitrogens with one attached hydrogen (secondary N) is 1. The summed E-state index contributed by atoms with van der Waals surface area (Å²) in [6.45, 7) is 16.1. The highest BCUT2D eigenvalue weighted by molar-refractivity contribution is 4.75. The lowest BCUT2D eigenvalue weighted by molar-refractivity contribution is 0.189. The molecule has 0 fully saturated rings. The van der Waals surface area contributed by atoms with E-state index in [2.05, 4.69) is 51.9 Å². The molecule has 0 aromatic carbocycles. The van der Waals surface area contributed by atoms with Gasteiger partial charge in [0.1, 0.15) is 0 Å². The highest BCUT2D eigenvalue weighted by Gasteiger charge is 2.19.